The summed E-state index contributed by atoms with van der Waals surface area (Å²) >= 11 is 0. The van der Waals surface area contributed by atoms with Crippen molar-refractivity contribution in [1.82, 2.24) is 4.90 Å². The second-order valence-corrected chi connectivity index (χ2v) is 7.83. The van der Waals surface area contributed by atoms with E-state index in [1.54, 1.807) is 11.9 Å². The van der Waals surface area contributed by atoms with Crippen LogP contribution in [0.25, 0.3) is 0 Å². The second kappa shape index (κ2) is 9.02. The molecule has 0 spiro atoms. The summed E-state index contributed by atoms with van der Waals surface area (Å²) in [5.41, 5.74) is 4.69. The van der Waals surface area contributed by atoms with Crippen LogP contribution < -0.4 is 15.1 Å². The Morgan fingerprint density at radius 1 is 0.968 bits per heavy atom. The maximum absolute atomic E-state index is 13.0. The van der Waals surface area contributed by atoms with Gasteiger partial charge in [0.25, 0.3) is 0 Å². The summed E-state index contributed by atoms with van der Waals surface area (Å²) < 4.78 is 0. The van der Waals surface area contributed by atoms with Gasteiger partial charge in [-0.2, -0.15) is 5.26 Å². The molecule has 1 N–H and O–H groups in total. The van der Waals surface area contributed by atoms with E-state index in [0.29, 0.717) is 5.82 Å². The Hall–Kier alpha value is -3.63. The minimum absolute atomic E-state index is 0.0371. The van der Waals surface area contributed by atoms with Gasteiger partial charge in [-0.15, -0.1) is 0 Å². The number of fused-ring (bicyclic) bond motifs is 1. The number of amides is 1. The lowest BCUT2D eigenvalue weighted by molar-refractivity contribution is -0.119. The summed E-state index contributed by atoms with van der Waals surface area (Å²) in [6.07, 6.45) is 0. The zero-order chi connectivity index (χ0) is 22.7. The van der Waals surface area contributed by atoms with Crippen molar-refractivity contribution >= 4 is 28.8 Å². The Morgan fingerprint density at radius 2 is 1.52 bits per heavy atom. The number of aryl methyl sites for hydroxylation is 2. The molecular weight excluding hydrogens is 390 g/mol. The van der Waals surface area contributed by atoms with E-state index >= 15 is 0 Å². The van der Waals surface area contributed by atoms with Gasteiger partial charge in [-0.25, -0.2) is 0 Å². The van der Waals surface area contributed by atoms with Crippen LogP contribution in [0.3, 0.4) is 0 Å². The summed E-state index contributed by atoms with van der Waals surface area (Å²) in [5.74, 6) is 0.00910. The average molecular weight is 418 g/mol. The fourth-order valence-electron chi connectivity index (χ4n) is 3.87. The minimum atomic E-state index is -0.327. The predicted octanol–water partition coefficient (Wildman–Crippen LogP) is 3.06. The lowest BCUT2D eigenvalue weighted by Gasteiger charge is -2.21. The van der Waals surface area contributed by atoms with Crippen molar-refractivity contribution < 1.29 is 9.59 Å². The number of benzene rings is 2. The van der Waals surface area contributed by atoms with Crippen molar-refractivity contribution in [2.45, 2.75) is 13.8 Å². The molecule has 2 aromatic carbocycles. The van der Waals surface area contributed by atoms with Crippen LogP contribution in [-0.4, -0.2) is 50.8 Å². The lowest BCUT2D eigenvalue weighted by atomic mass is 10.1. The topological polar surface area (TPSA) is 79.7 Å². The number of nitriles is 1. The monoisotopic (exact) mass is 417 g/mol. The highest BCUT2D eigenvalue weighted by molar-refractivity contribution is 6.04. The summed E-state index contributed by atoms with van der Waals surface area (Å²) in [5, 5.41) is 12.7. The van der Waals surface area contributed by atoms with Crippen LogP contribution in [-0.2, 0) is 9.59 Å². The number of nitrogens with one attached hydrogen (secondary N) is 1. The molecule has 7 heteroatoms. The Morgan fingerprint density at radius 3 is 2.03 bits per heavy atom. The molecule has 0 fully saturated rings. The van der Waals surface area contributed by atoms with Crippen LogP contribution in [0.4, 0.5) is 17.1 Å². The number of rotatable bonds is 6. The van der Waals surface area contributed by atoms with E-state index in [-0.39, 0.29) is 30.4 Å². The highest BCUT2D eigenvalue weighted by atomic mass is 16.2. The fourth-order valence-corrected chi connectivity index (χ4v) is 3.87. The molecule has 31 heavy (non-hydrogen) atoms. The molecule has 1 heterocycles. The molecule has 7 nitrogen and oxygen atoms in total. The molecule has 1 aliphatic heterocycles. The molecule has 160 valence electrons. The first-order chi connectivity index (χ1) is 14.7. The Labute approximate surface area is 183 Å². The normalized spacial score (nSPS) is 12.6. The third-order valence-corrected chi connectivity index (χ3v) is 5.43. The van der Waals surface area contributed by atoms with Gasteiger partial charge in [-0.1, -0.05) is 30.3 Å². The molecule has 0 radical (unpaired) electrons. The van der Waals surface area contributed by atoms with Gasteiger partial charge in [0.05, 0.1) is 24.5 Å². The first kappa shape index (κ1) is 22.1. The van der Waals surface area contributed by atoms with Crippen LogP contribution in [0, 0.1) is 25.2 Å². The number of para-hydroxylation sites is 3. The number of hydrogen-bond donors (Lipinski definition) is 1. The van der Waals surface area contributed by atoms with Crippen molar-refractivity contribution in [2.75, 3.05) is 49.3 Å². The zero-order valence-corrected chi connectivity index (χ0v) is 18.6. The summed E-state index contributed by atoms with van der Waals surface area (Å²) in [6.45, 7) is 3.88. The summed E-state index contributed by atoms with van der Waals surface area (Å²) in [4.78, 5) is 30.8. The van der Waals surface area contributed by atoms with Gasteiger partial charge >= 0.3 is 0 Å². The molecule has 0 saturated carbocycles. The second-order valence-electron chi connectivity index (χ2n) is 7.83. The van der Waals surface area contributed by atoms with Crippen LogP contribution in [0.1, 0.15) is 11.1 Å². The number of Topliss-reactive ketones (excluding diaryl/α,β-unsaturated/α-hetero) is 1. The third kappa shape index (κ3) is 4.44. The SMILES string of the molecule is Cc1cccc(C)c1NC(=O)CN(C)CC(=O)C(C#N)=C1N(C)c2ccccc2N1C. The molecule has 0 atom stereocenters. The van der Waals surface area contributed by atoms with E-state index < -0.39 is 0 Å². The molecule has 2 aromatic rings. The number of nitrogens with zero attached hydrogens (tertiary/aromatic N) is 4. The van der Waals surface area contributed by atoms with Gasteiger partial charge in [-0.05, 0) is 44.2 Å². The highest BCUT2D eigenvalue weighted by Gasteiger charge is 2.31. The number of likely N-dealkylation sites (N-methyl/N-ethyl adjacent to an activating group) is 1. The first-order valence-electron chi connectivity index (χ1n) is 10.0. The molecule has 3 rings (SSSR count). The van der Waals surface area contributed by atoms with Crippen LogP contribution in [0.15, 0.2) is 53.9 Å². The highest BCUT2D eigenvalue weighted by Crippen LogP contribution is 2.40. The first-order valence-corrected chi connectivity index (χ1v) is 10.0. The van der Waals surface area contributed by atoms with E-state index in [2.05, 4.69) is 11.4 Å². The molecule has 0 saturated heterocycles. The van der Waals surface area contributed by atoms with Crippen molar-refractivity contribution in [1.29, 1.82) is 5.26 Å². The molecule has 0 aromatic heterocycles. The van der Waals surface area contributed by atoms with Crippen LogP contribution in [0.2, 0.25) is 0 Å². The van der Waals surface area contributed by atoms with Gasteiger partial charge in [0.15, 0.2) is 5.78 Å². The van der Waals surface area contributed by atoms with Crippen molar-refractivity contribution in [2.24, 2.45) is 0 Å². The molecule has 0 bridgehead atoms. The Kier molecular flexibility index (Phi) is 6.42. The number of hydrogen-bond acceptors (Lipinski definition) is 6. The molecule has 1 amide bonds. The lowest BCUT2D eigenvalue weighted by Crippen LogP contribution is -2.36. The van der Waals surface area contributed by atoms with E-state index in [1.165, 1.54) is 0 Å². The number of ketones is 1. The quantitative estimate of drug-likeness (QED) is 0.575. The van der Waals surface area contributed by atoms with Crippen molar-refractivity contribution in [3.8, 4) is 6.07 Å². The maximum Gasteiger partial charge on any atom is 0.238 e. The van der Waals surface area contributed by atoms with Gasteiger partial charge in [-0.3, -0.25) is 14.5 Å². The van der Waals surface area contributed by atoms with Crippen LogP contribution in [0.5, 0.6) is 0 Å². The van der Waals surface area contributed by atoms with E-state index in [9.17, 15) is 14.9 Å². The van der Waals surface area contributed by atoms with Crippen molar-refractivity contribution in [3.63, 3.8) is 0 Å². The molecule has 1 aliphatic rings. The number of anilines is 3. The van der Waals surface area contributed by atoms with Crippen LogP contribution >= 0.6 is 0 Å². The maximum atomic E-state index is 13.0. The van der Waals surface area contributed by atoms with E-state index in [0.717, 1.165) is 28.2 Å². The zero-order valence-electron chi connectivity index (χ0n) is 18.6. The summed E-state index contributed by atoms with van der Waals surface area (Å²) in [7, 11) is 5.37. The standard InChI is InChI=1S/C24H27N5O2/c1-16-9-8-10-17(2)23(16)26-22(31)15-27(3)14-21(30)18(13-25)24-28(4)19-11-6-7-12-20(19)29(24)5/h6-12H,14-15H2,1-5H3,(H,26,31). The largest absolute Gasteiger partial charge is 0.328 e. The van der Waals surface area contributed by atoms with Gasteiger partial charge in [0.2, 0.25) is 5.91 Å². The van der Waals surface area contributed by atoms with Gasteiger partial charge in [0.1, 0.15) is 17.5 Å². The number of carbonyl (C=O) groups is 2. The van der Waals surface area contributed by atoms with Gasteiger partial charge in [0, 0.05) is 19.8 Å². The Bertz CT molecular complexity index is 1050. The van der Waals surface area contributed by atoms with Crippen molar-refractivity contribution in [3.05, 3.63) is 65.0 Å². The molecule has 0 unspecified atom stereocenters. The molecular formula is C24H27N5O2. The minimum Gasteiger partial charge on any atom is -0.328 e. The average Bonchev–Trinajstić information content (AvgIpc) is 2.97. The third-order valence-electron chi connectivity index (χ3n) is 5.43. The fraction of sp³-hybridized carbons (Fsp3) is 0.292. The number of carbonyl (C=O) groups excluding carboxylic acids is 2. The van der Waals surface area contributed by atoms with E-state index in [4.69, 9.17) is 0 Å². The van der Waals surface area contributed by atoms with Gasteiger partial charge < -0.3 is 15.1 Å². The predicted molar refractivity (Wildman–Crippen MR) is 123 cm³/mol. The molecule has 0 aliphatic carbocycles. The Balaban J connectivity index is 1.71. The smallest absolute Gasteiger partial charge is 0.238 e. The summed E-state index contributed by atoms with van der Waals surface area (Å²) in [6, 6.07) is 15.6. The van der Waals surface area contributed by atoms with E-state index in [1.807, 2.05) is 80.2 Å².